The third kappa shape index (κ3) is 14.3. The zero-order valence-electron chi connectivity index (χ0n) is 37.5. The Balaban J connectivity index is 2.28. The Bertz CT molecular complexity index is 1420. The Kier molecular flexibility index (Phi) is 21.1. The van der Waals surface area contributed by atoms with Gasteiger partial charge in [-0.2, -0.15) is 0 Å². The number of amides is 2. The number of methoxy groups -OCH3 is 2. The Hall–Kier alpha value is -3.15. The van der Waals surface area contributed by atoms with E-state index < -0.39 is 42.0 Å². The first-order chi connectivity index (χ1) is 26.8. The van der Waals surface area contributed by atoms with Crippen molar-refractivity contribution in [3.05, 3.63) is 35.9 Å². The number of carbonyl (C=O) groups excluding carboxylic acids is 4. The summed E-state index contributed by atoms with van der Waals surface area (Å²) in [6.45, 7) is 19.6. The van der Waals surface area contributed by atoms with Crippen LogP contribution in [-0.4, -0.2) is 121 Å². The number of ether oxygens (including phenoxy) is 2. The van der Waals surface area contributed by atoms with Crippen LogP contribution in [-0.2, 0) is 39.9 Å². The number of Topliss-reactive ketones (excluding diaryl/α,β-unsaturated/α-hetero) is 2. The highest BCUT2D eigenvalue weighted by molar-refractivity contribution is 5.90. The van der Waals surface area contributed by atoms with Gasteiger partial charge >= 0.3 is 5.97 Å². The zero-order chi connectivity index (χ0) is 43.1. The smallest absolute Gasteiger partial charge is 0.307 e. The predicted molar refractivity (Wildman–Crippen MR) is 226 cm³/mol. The fourth-order valence-corrected chi connectivity index (χ4v) is 8.85. The van der Waals surface area contributed by atoms with Crippen molar-refractivity contribution in [3.63, 3.8) is 0 Å². The van der Waals surface area contributed by atoms with Crippen LogP contribution in [0.2, 0.25) is 0 Å². The molecule has 0 spiro atoms. The van der Waals surface area contributed by atoms with Gasteiger partial charge in [-0.25, -0.2) is 0 Å². The normalized spacial score (nSPS) is 19.0. The molecule has 2 rings (SSSR count). The first-order valence-corrected chi connectivity index (χ1v) is 21.4. The summed E-state index contributed by atoms with van der Waals surface area (Å²) < 4.78 is 12.0. The van der Waals surface area contributed by atoms with Crippen LogP contribution in [0.15, 0.2) is 30.3 Å². The average molecular weight is 800 g/mol. The monoisotopic (exact) mass is 800 g/mol. The molecule has 9 atom stereocenters. The average Bonchev–Trinajstić information content (AvgIpc) is 3.65. The van der Waals surface area contributed by atoms with Crippen molar-refractivity contribution in [1.82, 2.24) is 14.7 Å². The van der Waals surface area contributed by atoms with Crippen LogP contribution in [0.3, 0.4) is 0 Å². The van der Waals surface area contributed by atoms with Gasteiger partial charge in [-0.1, -0.05) is 99.1 Å². The van der Waals surface area contributed by atoms with Crippen LogP contribution < -0.4 is 0 Å². The van der Waals surface area contributed by atoms with Gasteiger partial charge in [0.25, 0.3) is 0 Å². The van der Waals surface area contributed by atoms with Crippen LogP contribution >= 0.6 is 0 Å². The number of hydrogen-bond acceptors (Lipinski definition) is 8. The van der Waals surface area contributed by atoms with Gasteiger partial charge in [-0.3, -0.25) is 28.9 Å². The van der Waals surface area contributed by atoms with Gasteiger partial charge in [0, 0.05) is 52.5 Å². The van der Waals surface area contributed by atoms with E-state index >= 15 is 0 Å². The molecule has 1 aliphatic heterocycles. The summed E-state index contributed by atoms with van der Waals surface area (Å²) in [6.07, 6.45) is 2.16. The van der Waals surface area contributed by atoms with Crippen molar-refractivity contribution in [3.8, 4) is 0 Å². The molecule has 1 aromatic rings. The highest BCUT2D eigenvalue weighted by atomic mass is 16.5. The van der Waals surface area contributed by atoms with Gasteiger partial charge in [-0.15, -0.1) is 0 Å². The van der Waals surface area contributed by atoms with E-state index in [9.17, 15) is 29.1 Å². The van der Waals surface area contributed by atoms with Gasteiger partial charge in [0.1, 0.15) is 5.78 Å². The second kappa shape index (κ2) is 24.1. The molecule has 1 N–H and O–H groups in total. The highest BCUT2D eigenvalue weighted by Crippen LogP contribution is 2.32. The Morgan fingerprint density at radius 3 is 2.00 bits per heavy atom. The topological polar surface area (TPSA) is 134 Å². The van der Waals surface area contributed by atoms with E-state index in [1.165, 1.54) is 7.11 Å². The fourth-order valence-electron chi connectivity index (χ4n) is 8.85. The molecule has 0 aromatic heterocycles. The molecule has 57 heavy (non-hydrogen) atoms. The van der Waals surface area contributed by atoms with E-state index in [2.05, 4.69) is 46.4 Å². The number of carboxylic acids is 1. The standard InChI is InChI=1S/C46H77N3O8/c1-14-32(8)43(48(11)45(53)36(30(4)5)27-39(51)42(31(6)7)47(10)24-22-29(2)3)40(56-12)28-41(52)49-23-18-21-37(49)44(57-13)33(9)38(50)26-35(46(54)55)25-34-19-16-15-17-20-34/h15-17,19-20,29-33,35-37,40,42-44H,14,18,21-28H2,1-13H3,(H,54,55)/t32-,33-,35+,36-,37-,40+,42-,43-,44+/m0/s1. The summed E-state index contributed by atoms with van der Waals surface area (Å²) in [5.74, 6) is -2.94. The number of nitrogens with zero attached hydrogens (tertiary/aromatic N) is 3. The third-order valence-electron chi connectivity index (χ3n) is 12.5. The Labute approximate surface area is 344 Å². The van der Waals surface area contributed by atoms with Crippen molar-refractivity contribution in [1.29, 1.82) is 0 Å². The molecule has 1 aromatic carbocycles. The van der Waals surface area contributed by atoms with E-state index in [0.717, 1.165) is 31.4 Å². The molecule has 11 heteroatoms. The van der Waals surface area contributed by atoms with E-state index in [1.807, 2.05) is 51.2 Å². The number of carboxylic acid groups (broad SMARTS) is 1. The number of ketones is 2. The molecule has 0 radical (unpaired) electrons. The van der Waals surface area contributed by atoms with Crippen molar-refractivity contribution < 1.29 is 38.6 Å². The molecule has 1 fully saturated rings. The van der Waals surface area contributed by atoms with Gasteiger partial charge < -0.3 is 24.4 Å². The molecule has 324 valence electrons. The van der Waals surface area contributed by atoms with E-state index in [-0.39, 0.29) is 78.9 Å². The first kappa shape index (κ1) is 50.0. The lowest BCUT2D eigenvalue weighted by Gasteiger charge is -2.41. The number of likely N-dealkylation sites (N-methyl/N-ethyl adjacent to an activating group) is 2. The molecule has 0 unspecified atom stereocenters. The molecule has 1 aliphatic rings. The number of rotatable bonds is 26. The summed E-state index contributed by atoms with van der Waals surface area (Å²) in [5.41, 5.74) is 0.852. The van der Waals surface area contributed by atoms with E-state index in [1.54, 1.807) is 30.9 Å². The van der Waals surface area contributed by atoms with Crippen LogP contribution in [0, 0.1) is 41.4 Å². The molecular formula is C46H77N3O8. The minimum atomic E-state index is -1.02. The van der Waals surface area contributed by atoms with E-state index in [4.69, 9.17) is 9.47 Å². The number of benzene rings is 1. The zero-order valence-corrected chi connectivity index (χ0v) is 37.5. The van der Waals surface area contributed by atoms with Crippen LogP contribution in [0.25, 0.3) is 0 Å². The number of carbonyl (C=O) groups is 5. The second-order valence-corrected chi connectivity index (χ2v) is 17.9. The number of likely N-dealkylation sites (tertiary alicyclic amines) is 1. The Morgan fingerprint density at radius 1 is 0.860 bits per heavy atom. The van der Waals surface area contributed by atoms with Crippen LogP contribution in [0.4, 0.5) is 0 Å². The van der Waals surface area contributed by atoms with Crippen molar-refractivity contribution in [2.24, 2.45) is 41.4 Å². The summed E-state index contributed by atoms with van der Waals surface area (Å²) in [7, 11) is 6.89. The number of hydrogen-bond donors (Lipinski definition) is 1. The van der Waals surface area contributed by atoms with Gasteiger partial charge in [0.2, 0.25) is 11.8 Å². The Morgan fingerprint density at radius 2 is 1.49 bits per heavy atom. The molecule has 1 saturated heterocycles. The lowest BCUT2D eigenvalue weighted by molar-refractivity contribution is -0.149. The maximum atomic E-state index is 14.5. The minimum Gasteiger partial charge on any atom is -0.481 e. The molecule has 0 aliphatic carbocycles. The second-order valence-electron chi connectivity index (χ2n) is 17.9. The summed E-state index contributed by atoms with van der Waals surface area (Å²) in [4.78, 5) is 74.2. The maximum absolute atomic E-state index is 14.5. The molecule has 2 amide bonds. The van der Waals surface area contributed by atoms with Crippen molar-refractivity contribution in [2.45, 2.75) is 144 Å². The molecular weight excluding hydrogens is 723 g/mol. The predicted octanol–water partition coefficient (Wildman–Crippen LogP) is 7.04. The molecule has 11 nitrogen and oxygen atoms in total. The SMILES string of the molecule is CC[C@H](C)[C@@H]([C@@H](CC(=O)N1CCC[C@H]1[C@H](OC)[C@@H](C)C(=O)C[C@@H](Cc1ccccc1)C(=O)O)OC)N(C)C(=O)[C@@H](CC(=O)[C@H](C(C)C)N(C)CCC(C)C)C(C)C. The minimum absolute atomic E-state index is 0.0115. The van der Waals surface area contributed by atoms with Gasteiger partial charge in [0.15, 0.2) is 5.78 Å². The molecule has 0 bridgehead atoms. The van der Waals surface area contributed by atoms with Crippen molar-refractivity contribution in [2.75, 3.05) is 41.4 Å². The van der Waals surface area contributed by atoms with Crippen LogP contribution in [0.5, 0.6) is 0 Å². The fraction of sp³-hybridized carbons (Fsp3) is 0.761. The highest BCUT2D eigenvalue weighted by Gasteiger charge is 2.43. The quantitative estimate of drug-likeness (QED) is 0.105. The van der Waals surface area contributed by atoms with Crippen molar-refractivity contribution >= 4 is 29.4 Å². The summed E-state index contributed by atoms with van der Waals surface area (Å²) >= 11 is 0. The number of aliphatic carboxylic acids is 1. The molecule has 1 heterocycles. The van der Waals surface area contributed by atoms with Gasteiger partial charge in [0.05, 0.1) is 42.7 Å². The van der Waals surface area contributed by atoms with Crippen LogP contribution in [0.1, 0.15) is 113 Å². The van der Waals surface area contributed by atoms with E-state index in [0.29, 0.717) is 18.9 Å². The molecule has 0 saturated carbocycles. The first-order valence-electron chi connectivity index (χ1n) is 21.4. The third-order valence-corrected chi connectivity index (χ3v) is 12.5. The largest absolute Gasteiger partial charge is 0.481 e. The lowest BCUT2D eigenvalue weighted by atomic mass is 9.83. The summed E-state index contributed by atoms with van der Waals surface area (Å²) in [6, 6.07) is 8.20. The maximum Gasteiger partial charge on any atom is 0.307 e. The lowest BCUT2D eigenvalue weighted by Crippen LogP contribution is -2.54. The van der Waals surface area contributed by atoms with Gasteiger partial charge in [-0.05, 0) is 68.5 Å². The summed E-state index contributed by atoms with van der Waals surface area (Å²) in [5, 5.41) is 9.97.